The van der Waals surface area contributed by atoms with Gasteiger partial charge in [0.2, 0.25) is 10.0 Å². The van der Waals surface area contributed by atoms with Gasteiger partial charge in [-0.2, -0.15) is 10.1 Å². The molecule has 0 saturated heterocycles. The topological polar surface area (TPSA) is 106 Å². The zero-order valence-corrected chi connectivity index (χ0v) is 17.3. The van der Waals surface area contributed by atoms with Crippen LogP contribution in [0.3, 0.4) is 0 Å². The van der Waals surface area contributed by atoms with Gasteiger partial charge in [0, 0.05) is 10.6 Å². The largest absolute Gasteiger partial charge is 0.457 e. The summed E-state index contributed by atoms with van der Waals surface area (Å²) in [6.45, 7) is 1.71. The van der Waals surface area contributed by atoms with E-state index in [0.717, 1.165) is 5.56 Å². The molecule has 7 nitrogen and oxygen atoms in total. The van der Waals surface area contributed by atoms with Gasteiger partial charge in [0.25, 0.3) is 5.91 Å². The van der Waals surface area contributed by atoms with E-state index in [1.54, 1.807) is 37.3 Å². The molecule has 1 aliphatic heterocycles. The molecule has 0 unspecified atom stereocenters. The van der Waals surface area contributed by atoms with Crippen LogP contribution >= 0.6 is 11.6 Å². The molecule has 0 atom stereocenters. The summed E-state index contributed by atoms with van der Waals surface area (Å²) in [7, 11) is -3.81. The quantitative estimate of drug-likeness (QED) is 0.616. The van der Waals surface area contributed by atoms with Gasteiger partial charge in [-0.25, -0.2) is 13.6 Å². The number of benzene rings is 2. The van der Waals surface area contributed by atoms with Crippen molar-refractivity contribution in [1.29, 1.82) is 0 Å². The molecule has 30 heavy (non-hydrogen) atoms. The fraction of sp³-hybridized carbons (Fsp3) is 0.0476. The molecule has 1 aliphatic rings. The lowest BCUT2D eigenvalue weighted by Crippen LogP contribution is -2.21. The molecule has 152 valence electrons. The fourth-order valence-electron chi connectivity index (χ4n) is 3.01. The summed E-state index contributed by atoms with van der Waals surface area (Å²) in [5.41, 5.74) is 2.13. The summed E-state index contributed by atoms with van der Waals surface area (Å²) in [5.74, 6) is 0.769. The first kappa shape index (κ1) is 20.1. The number of nitrogens with two attached hydrogens (primary N) is 1. The number of primary sulfonamides is 1. The Morgan fingerprint density at radius 2 is 1.83 bits per heavy atom. The summed E-state index contributed by atoms with van der Waals surface area (Å²) in [5, 5.41) is 11.2. The van der Waals surface area contributed by atoms with E-state index in [4.69, 9.17) is 21.2 Å². The summed E-state index contributed by atoms with van der Waals surface area (Å²) in [4.78, 5) is 12.8. The molecule has 4 rings (SSSR count). The molecular weight excluding hydrogens is 426 g/mol. The van der Waals surface area contributed by atoms with E-state index in [1.165, 1.54) is 29.3 Å². The molecule has 2 N–H and O–H groups in total. The number of amides is 1. The second-order valence-corrected chi connectivity index (χ2v) is 8.61. The van der Waals surface area contributed by atoms with E-state index in [1.807, 2.05) is 12.1 Å². The standard InChI is InChI=1S/C21H16ClN3O4S/c1-13-19(12-17-7-10-20(29-17)14-3-2-4-15(22)11-14)21(26)25(24-13)16-5-8-18(9-6-16)30(23,27)28/h2-12H,1H3,(H2,23,27,28)/b19-12+. The van der Waals surface area contributed by atoms with Crippen LogP contribution < -0.4 is 10.1 Å². The predicted molar refractivity (Wildman–Crippen MR) is 116 cm³/mol. The highest BCUT2D eigenvalue weighted by atomic mass is 35.5. The predicted octanol–water partition coefficient (Wildman–Crippen LogP) is 4.05. The number of hydrogen-bond donors (Lipinski definition) is 1. The van der Waals surface area contributed by atoms with Crippen molar-refractivity contribution in [2.24, 2.45) is 10.2 Å². The average Bonchev–Trinajstić information content (AvgIpc) is 3.28. The molecule has 3 aromatic rings. The highest BCUT2D eigenvalue weighted by Crippen LogP contribution is 2.29. The van der Waals surface area contributed by atoms with E-state index < -0.39 is 10.0 Å². The number of hydrazone groups is 1. The number of rotatable bonds is 4. The van der Waals surface area contributed by atoms with E-state index >= 15 is 0 Å². The van der Waals surface area contributed by atoms with Crippen LogP contribution in [-0.4, -0.2) is 20.0 Å². The molecule has 2 aromatic carbocycles. The summed E-state index contributed by atoms with van der Waals surface area (Å²) in [6, 6.07) is 16.4. The van der Waals surface area contributed by atoms with Crippen molar-refractivity contribution >= 4 is 45.0 Å². The first-order valence-electron chi connectivity index (χ1n) is 8.83. The Morgan fingerprint density at radius 1 is 1.10 bits per heavy atom. The first-order chi connectivity index (χ1) is 14.2. The highest BCUT2D eigenvalue weighted by molar-refractivity contribution is 7.89. The smallest absolute Gasteiger partial charge is 0.280 e. The molecule has 9 heteroatoms. The van der Waals surface area contributed by atoms with E-state index in [9.17, 15) is 13.2 Å². The molecule has 1 aromatic heterocycles. The van der Waals surface area contributed by atoms with Crippen LogP contribution in [0.1, 0.15) is 12.7 Å². The van der Waals surface area contributed by atoms with Gasteiger partial charge in [0.05, 0.1) is 21.9 Å². The van der Waals surface area contributed by atoms with E-state index in [2.05, 4.69) is 5.10 Å². The Hall–Kier alpha value is -3.20. The Kier molecular flexibility index (Phi) is 5.07. The number of nitrogens with zero attached hydrogens (tertiary/aromatic N) is 2. The van der Waals surface area contributed by atoms with Crippen molar-refractivity contribution in [3.05, 3.63) is 77.0 Å². The second kappa shape index (κ2) is 7.56. The monoisotopic (exact) mass is 441 g/mol. The summed E-state index contributed by atoms with van der Waals surface area (Å²) >= 11 is 6.03. The number of hydrogen-bond acceptors (Lipinski definition) is 5. The molecule has 0 spiro atoms. The lowest BCUT2D eigenvalue weighted by molar-refractivity contribution is -0.114. The van der Waals surface area contributed by atoms with E-state index in [-0.39, 0.29) is 10.8 Å². The van der Waals surface area contributed by atoms with Crippen molar-refractivity contribution in [2.45, 2.75) is 11.8 Å². The summed E-state index contributed by atoms with van der Waals surface area (Å²) < 4.78 is 28.6. The van der Waals surface area contributed by atoms with Crippen molar-refractivity contribution in [1.82, 2.24) is 0 Å². The second-order valence-electron chi connectivity index (χ2n) is 6.61. The number of anilines is 1. The highest BCUT2D eigenvalue weighted by Gasteiger charge is 2.29. The number of carbonyl (C=O) groups is 1. The lowest BCUT2D eigenvalue weighted by atomic mass is 10.1. The fourth-order valence-corrected chi connectivity index (χ4v) is 3.71. The van der Waals surface area contributed by atoms with Crippen LogP contribution in [0, 0.1) is 0 Å². The normalized spacial score (nSPS) is 15.7. The maximum Gasteiger partial charge on any atom is 0.280 e. The zero-order chi connectivity index (χ0) is 21.5. The average molecular weight is 442 g/mol. The molecule has 0 aliphatic carbocycles. The third-order valence-corrected chi connectivity index (χ3v) is 5.66. The minimum atomic E-state index is -3.81. The maximum absolute atomic E-state index is 12.9. The van der Waals surface area contributed by atoms with Crippen LogP contribution in [0.4, 0.5) is 5.69 Å². The van der Waals surface area contributed by atoms with Crippen molar-refractivity contribution in [2.75, 3.05) is 5.01 Å². The lowest BCUT2D eigenvalue weighted by Gasteiger charge is -2.11. The molecule has 2 heterocycles. The van der Waals surface area contributed by atoms with Crippen LogP contribution in [0.15, 0.2) is 80.7 Å². The van der Waals surface area contributed by atoms with Gasteiger partial charge in [-0.3, -0.25) is 4.79 Å². The molecule has 0 bridgehead atoms. The van der Waals surface area contributed by atoms with Gasteiger partial charge < -0.3 is 4.42 Å². The van der Waals surface area contributed by atoms with Crippen LogP contribution in [-0.2, 0) is 14.8 Å². The van der Waals surface area contributed by atoms with Gasteiger partial charge in [0.1, 0.15) is 11.5 Å². The van der Waals surface area contributed by atoms with Gasteiger partial charge in [-0.15, -0.1) is 0 Å². The molecule has 1 amide bonds. The Balaban J connectivity index is 1.60. The molecule has 0 fully saturated rings. The minimum absolute atomic E-state index is 0.0431. The Labute approximate surface area is 178 Å². The number of sulfonamides is 1. The van der Waals surface area contributed by atoms with Crippen LogP contribution in [0.25, 0.3) is 17.4 Å². The van der Waals surface area contributed by atoms with Crippen molar-refractivity contribution < 1.29 is 17.6 Å². The first-order valence-corrected chi connectivity index (χ1v) is 10.8. The maximum atomic E-state index is 12.9. The molecule has 0 saturated carbocycles. The van der Waals surface area contributed by atoms with Crippen LogP contribution in [0.2, 0.25) is 5.02 Å². The van der Waals surface area contributed by atoms with Crippen molar-refractivity contribution in [3.8, 4) is 11.3 Å². The van der Waals surface area contributed by atoms with Gasteiger partial charge >= 0.3 is 0 Å². The van der Waals surface area contributed by atoms with Crippen molar-refractivity contribution in [3.63, 3.8) is 0 Å². The zero-order valence-electron chi connectivity index (χ0n) is 15.7. The number of halogens is 1. The SMILES string of the molecule is CC1=NN(c2ccc(S(N)(=O)=O)cc2)C(=O)/C1=C/c1ccc(-c2cccc(Cl)c2)o1. The third-order valence-electron chi connectivity index (χ3n) is 4.49. The molecular formula is C21H16ClN3O4S. The van der Waals surface area contributed by atoms with Gasteiger partial charge in [-0.1, -0.05) is 23.7 Å². The van der Waals surface area contributed by atoms with Crippen LogP contribution in [0.5, 0.6) is 0 Å². The van der Waals surface area contributed by atoms with Gasteiger partial charge in [0.15, 0.2) is 0 Å². The van der Waals surface area contributed by atoms with E-state index in [0.29, 0.717) is 33.5 Å². The Bertz CT molecular complexity index is 1310. The third kappa shape index (κ3) is 3.93. The minimum Gasteiger partial charge on any atom is -0.457 e. The number of carbonyl (C=O) groups excluding carboxylic acids is 1. The van der Waals surface area contributed by atoms with Gasteiger partial charge in [-0.05, 0) is 61.5 Å². The number of furan rings is 1. The summed E-state index contributed by atoms with van der Waals surface area (Å²) in [6.07, 6.45) is 1.62. The Morgan fingerprint density at radius 3 is 2.50 bits per heavy atom. The molecule has 0 radical (unpaired) electrons.